The molecule has 1 aliphatic heterocycles. The number of nitrogens with zero attached hydrogens (tertiary/aromatic N) is 1. The minimum Gasteiger partial charge on any atom is -0.373 e. The monoisotopic (exact) mass is 262 g/mol. The molecule has 4 nitrogen and oxygen atoms in total. The zero-order valence-corrected chi connectivity index (χ0v) is 10.4. The van der Waals surface area contributed by atoms with E-state index in [0.717, 1.165) is 0 Å². The fraction of sp³-hybridized carbons (Fsp3) is 0.917. The second kappa shape index (κ2) is 5.48. The Morgan fingerprint density at radius 3 is 2.67 bits per heavy atom. The average Bonchev–Trinajstić information content (AvgIpc) is 2.38. The van der Waals surface area contributed by atoms with Crippen molar-refractivity contribution in [2.75, 3.05) is 26.2 Å². The summed E-state index contributed by atoms with van der Waals surface area (Å²) in [5.74, 6) is -2.84. The molecular weight excluding hydrogens is 242 g/mol. The number of ether oxygens (including phenoxy) is 1. The molecule has 0 spiro atoms. The predicted octanol–water partition coefficient (Wildman–Crippen LogP) is 0.998. The lowest BCUT2D eigenvalue weighted by Gasteiger charge is -2.36. The largest absolute Gasteiger partial charge is 0.373 e. The molecule has 2 aliphatic rings. The number of carbonyl (C=O) groups is 1. The molecule has 0 radical (unpaired) electrons. The number of nitrogens with two attached hydrogens (primary N) is 1. The van der Waals surface area contributed by atoms with Gasteiger partial charge in [-0.3, -0.25) is 4.79 Å². The molecule has 0 aromatic rings. The van der Waals surface area contributed by atoms with E-state index in [0.29, 0.717) is 26.2 Å². The third kappa shape index (κ3) is 3.17. The smallest absolute Gasteiger partial charge is 0.248 e. The zero-order valence-electron chi connectivity index (χ0n) is 10.4. The topological polar surface area (TPSA) is 55.6 Å². The minimum absolute atomic E-state index is 0.00718. The van der Waals surface area contributed by atoms with Crippen LogP contribution >= 0.6 is 0 Å². The third-order valence-electron chi connectivity index (χ3n) is 3.78. The second-order valence-electron chi connectivity index (χ2n) is 5.14. The van der Waals surface area contributed by atoms with Crippen LogP contribution in [0.3, 0.4) is 0 Å². The number of amides is 1. The van der Waals surface area contributed by atoms with E-state index in [2.05, 4.69) is 0 Å². The van der Waals surface area contributed by atoms with Gasteiger partial charge < -0.3 is 15.4 Å². The Kier molecular flexibility index (Phi) is 4.17. The van der Waals surface area contributed by atoms with Crippen LogP contribution in [0.5, 0.6) is 0 Å². The van der Waals surface area contributed by atoms with Crippen molar-refractivity contribution < 1.29 is 18.3 Å². The normalized spacial score (nSPS) is 29.3. The summed E-state index contributed by atoms with van der Waals surface area (Å²) in [5, 5.41) is 0. The molecule has 1 atom stereocenters. The molecule has 0 aromatic carbocycles. The van der Waals surface area contributed by atoms with Gasteiger partial charge in [0.05, 0.1) is 12.7 Å². The van der Waals surface area contributed by atoms with Crippen LogP contribution in [0.15, 0.2) is 0 Å². The zero-order chi connectivity index (χ0) is 13.2. The van der Waals surface area contributed by atoms with E-state index in [1.807, 2.05) is 0 Å². The van der Waals surface area contributed by atoms with Crippen molar-refractivity contribution in [3.63, 3.8) is 0 Å². The van der Waals surface area contributed by atoms with E-state index < -0.39 is 5.92 Å². The number of alkyl halides is 2. The molecule has 1 unspecified atom stereocenters. The number of hydrogen-bond donors (Lipinski definition) is 1. The summed E-state index contributed by atoms with van der Waals surface area (Å²) in [6, 6.07) is 0. The second-order valence-corrected chi connectivity index (χ2v) is 5.14. The van der Waals surface area contributed by atoms with Gasteiger partial charge in [0, 0.05) is 38.4 Å². The van der Waals surface area contributed by atoms with Gasteiger partial charge in [-0.05, 0) is 12.8 Å². The number of hydrogen-bond acceptors (Lipinski definition) is 3. The van der Waals surface area contributed by atoms with Crippen molar-refractivity contribution in [1.29, 1.82) is 0 Å². The van der Waals surface area contributed by atoms with Crippen LogP contribution in [0.4, 0.5) is 8.78 Å². The first-order valence-corrected chi connectivity index (χ1v) is 6.50. The Labute approximate surface area is 105 Å². The number of halogens is 2. The third-order valence-corrected chi connectivity index (χ3v) is 3.78. The standard InChI is InChI=1S/C12H20F2N2O2/c13-12(14)3-1-9(2-4-12)11(17)16-5-6-18-10(7-15)8-16/h9-10H,1-8,15H2. The summed E-state index contributed by atoms with van der Waals surface area (Å²) in [7, 11) is 0. The van der Waals surface area contributed by atoms with Crippen molar-refractivity contribution in [2.45, 2.75) is 37.7 Å². The van der Waals surface area contributed by atoms with Crippen LogP contribution in [-0.4, -0.2) is 49.1 Å². The molecule has 2 fully saturated rings. The van der Waals surface area contributed by atoms with Crippen molar-refractivity contribution in [1.82, 2.24) is 4.90 Å². The quantitative estimate of drug-likeness (QED) is 0.807. The molecule has 1 saturated heterocycles. The van der Waals surface area contributed by atoms with Gasteiger partial charge in [0.15, 0.2) is 0 Å². The SMILES string of the molecule is NCC1CN(C(=O)C2CCC(F)(F)CC2)CCO1. The molecular formula is C12H20F2N2O2. The summed E-state index contributed by atoms with van der Waals surface area (Å²) < 4.78 is 31.5. The Bertz CT molecular complexity index is 302. The van der Waals surface area contributed by atoms with Crippen LogP contribution in [0.25, 0.3) is 0 Å². The molecule has 18 heavy (non-hydrogen) atoms. The Hall–Kier alpha value is -0.750. The molecule has 1 heterocycles. The molecule has 0 aromatic heterocycles. The highest BCUT2D eigenvalue weighted by atomic mass is 19.3. The molecule has 1 saturated carbocycles. The molecule has 1 amide bonds. The molecule has 6 heteroatoms. The molecule has 0 bridgehead atoms. The fourth-order valence-corrected chi connectivity index (χ4v) is 2.61. The first-order valence-electron chi connectivity index (χ1n) is 6.50. The molecule has 2 rings (SSSR count). The summed E-state index contributed by atoms with van der Waals surface area (Å²) in [6.07, 6.45) is 0.113. The fourth-order valence-electron chi connectivity index (χ4n) is 2.61. The van der Waals surface area contributed by atoms with Gasteiger partial charge in [-0.1, -0.05) is 0 Å². The highest BCUT2D eigenvalue weighted by molar-refractivity contribution is 5.79. The van der Waals surface area contributed by atoms with Crippen LogP contribution in [-0.2, 0) is 9.53 Å². The van der Waals surface area contributed by atoms with Crippen LogP contribution < -0.4 is 5.73 Å². The maximum Gasteiger partial charge on any atom is 0.248 e. The predicted molar refractivity (Wildman–Crippen MR) is 62.3 cm³/mol. The Morgan fingerprint density at radius 1 is 1.39 bits per heavy atom. The Balaban J connectivity index is 1.87. The summed E-state index contributed by atoms with van der Waals surface area (Å²) in [4.78, 5) is 13.9. The van der Waals surface area contributed by atoms with Crippen LogP contribution in [0.2, 0.25) is 0 Å². The lowest BCUT2D eigenvalue weighted by molar-refractivity contribution is -0.146. The lowest BCUT2D eigenvalue weighted by Crippen LogP contribution is -2.50. The first kappa shape index (κ1) is 13.7. The minimum atomic E-state index is -2.58. The molecule has 1 aliphatic carbocycles. The van der Waals surface area contributed by atoms with Crippen molar-refractivity contribution >= 4 is 5.91 Å². The number of carbonyl (C=O) groups excluding carboxylic acids is 1. The highest BCUT2D eigenvalue weighted by Crippen LogP contribution is 2.36. The summed E-state index contributed by atoms with van der Waals surface area (Å²) in [6.45, 7) is 1.90. The first-order chi connectivity index (χ1) is 8.52. The maximum atomic E-state index is 13.0. The van der Waals surface area contributed by atoms with Crippen LogP contribution in [0, 0.1) is 5.92 Å². The van der Waals surface area contributed by atoms with E-state index in [9.17, 15) is 13.6 Å². The van der Waals surface area contributed by atoms with Gasteiger partial charge in [-0.15, -0.1) is 0 Å². The van der Waals surface area contributed by atoms with E-state index in [1.54, 1.807) is 4.90 Å². The van der Waals surface area contributed by atoms with E-state index in [-0.39, 0.29) is 43.6 Å². The Morgan fingerprint density at radius 2 is 2.06 bits per heavy atom. The van der Waals surface area contributed by atoms with Gasteiger partial charge in [-0.25, -0.2) is 8.78 Å². The van der Waals surface area contributed by atoms with Gasteiger partial charge in [0.2, 0.25) is 11.8 Å². The number of morpholine rings is 1. The molecule has 104 valence electrons. The van der Waals surface area contributed by atoms with Gasteiger partial charge >= 0.3 is 0 Å². The lowest BCUT2D eigenvalue weighted by atomic mass is 9.85. The summed E-state index contributed by atoms with van der Waals surface area (Å²) in [5.41, 5.74) is 5.52. The van der Waals surface area contributed by atoms with Gasteiger partial charge in [0.25, 0.3) is 0 Å². The maximum absolute atomic E-state index is 13.0. The summed E-state index contributed by atoms with van der Waals surface area (Å²) >= 11 is 0. The van der Waals surface area contributed by atoms with E-state index >= 15 is 0 Å². The van der Waals surface area contributed by atoms with Gasteiger partial charge in [-0.2, -0.15) is 0 Å². The van der Waals surface area contributed by atoms with E-state index in [1.165, 1.54) is 0 Å². The van der Waals surface area contributed by atoms with Crippen molar-refractivity contribution in [2.24, 2.45) is 11.7 Å². The number of rotatable bonds is 2. The average molecular weight is 262 g/mol. The van der Waals surface area contributed by atoms with E-state index in [4.69, 9.17) is 10.5 Å². The molecule has 2 N–H and O–H groups in total. The van der Waals surface area contributed by atoms with Crippen molar-refractivity contribution in [3.8, 4) is 0 Å². The van der Waals surface area contributed by atoms with Gasteiger partial charge in [0.1, 0.15) is 0 Å². The van der Waals surface area contributed by atoms with Crippen molar-refractivity contribution in [3.05, 3.63) is 0 Å². The highest BCUT2D eigenvalue weighted by Gasteiger charge is 2.39. The van der Waals surface area contributed by atoms with Crippen LogP contribution in [0.1, 0.15) is 25.7 Å².